The molecule has 0 aromatic heterocycles. The van der Waals surface area contributed by atoms with E-state index >= 15 is 0 Å². The highest BCUT2D eigenvalue weighted by Gasteiger charge is 2.49. The molecule has 1 saturated carbocycles. The number of aliphatic imine (C=N–C) groups is 1. The number of aromatic hydroxyl groups is 3. The molecule has 1 aliphatic carbocycles. The first-order chi connectivity index (χ1) is 7.52. The quantitative estimate of drug-likeness (QED) is 0.319. The second kappa shape index (κ2) is 3.40. The molecular formula is C10H8ClNO4. The lowest BCUT2D eigenvalue weighted by Crippen LogP contribution is -2.04. The Kier molecular flexibility index (Phi) is 2.30. The maximum atomic E-state index is 10.3. The lowest BCUT2D eigenvalue weighted by Gasteiger charge is -2.14. The van der Waals surface area contributed by atoms with Crippen LogP contribution in [-0.2, 0) is 10.3 Å². The van der Waals surface area contributed by atoms with Crippen LogP contribution >= 0.6 is 11.6 Å². The summed E-state index contributed by atoms with van der Waals surface area (Å²) in [6.07, 6.45) is 2.43. The SMILES string of the molecule is O=C=NC1(c2c(O)c(O)cc(O)c2Cl)CC1. The number of rotatable bonds is 2. The van der Waals surface area contributed by atoms with Gasteiger partial charge in [0.25, 0.3) is 0 Å². The molecule has 1 fully saturated rings. The summed E-state index contributed by atoms with van der Waals surface area (Å²) >= 11 is 5.82. The number of hydrogen-bond donors (Lipinski definition) is 3. The maximum Gasteiger partial charge on any atom is 0.235 e. The summed E-state index contributed by atoms with van der Waals surface area (Å²) in [4.78, 5) is 13.9. The van der Waals surface area contributed by atoms with E-state index in [1.807, 2.05) is 0 Å². The molecule has 0 aliphatic heterocycles. The molecular weight excluding hydrogens is 234 g/mol. The standard InChI is InChI=1S/C10H8ClNO4/c11-8-5(14)3-6(15)9(16)7(8)10(1-2-10)12-4-13/h3,14-16H,1-2H2. The Hall–Kier alpha value is -1.71. The van der Waals surface area contributed by atoms with Crippen LogP contribution in [0.15, 0.2) is 11.1 Å². The van der Waals surface area contributed by atoms with E-state index in [0.29, 0.717) is 12.8 Å². The summed E-state index contributed by atoms with van der Waals surface area (Å²) < 4.78 is 0. The molecule has 1 aliphatic rings. The third-order valence-corrected chi connectivity index (χ3v) is 3.03. The van der Waals surface area contributed by atoms with Gasteiger partial charge in [-0.3, -0.25) is 0 Å². The lowest BCUT2D eigenvalue weighted by atomic mass is 10.0. The number of phenols is 3. The van der Waals surface area contributed by atoms with Crippen LogP contribution in [0.1, 0.15) is 18.4 Å². The Morgan fingerprint density at radius 1 is 1.31 bits per heavy atom. The molecule has 0 unspecified atom stereocenters. The predicted octanol–water partition coefficient (Wildman–Crippen LogP) is 1.78. The van der Waals surface area contributed by atoms with E-state index < -0.39 is 17.0 Å². The molecule has 0 radical (unpaired) electrons. The molecule has 0 saturated heterocycles. The highest BCUT2D eigenvalue weighted by atomic mass is 35.5. The molecule has 16 heavy (non-hydrogen) atoms. The molecule has 1 aromatic carbocycles. The summed E-state index contributed by atoms with van der Waals surface area (Å²) in [5, 5.41) is 28.3. The van der Waals surface area contributed by atoms with Gasteiger partial charge in [0.1, 0.15) is 11.3 Å². The van der Waals surface area contributed by atoms with E-state index in [2.05, 4.69) is 4.99 Å². The van der Waals surface area contributed by atoms with Gasteiger partial charge < -0.3 is 15.3 Å². The Labute approximate surface area is 95.6 Å². The van der Waals surface area contributed by atoms with Crippen molar-refractivity contribution < 1.29 is 20.1 Å². The fraction of sp³-hybridized carbons (Fsp3) is 0.300. The Balaban J connectivity index is 2.69. The van der Waals surface area contributed by atoms with Gasteiger partial charge in [0.2, 0.25) is 6.08 Å². The summed E-state index contributed by atoms with van der Waals surface area (Å²) in [5.74, 6) is -1.32. The van der Waals surface area contributed by atoms with Crippen LogP contribution in [0, 0.1) is 0 Å². The summed E-state index contributed by atoms with van der Waals surface area (Å²) in [6.45, 7) is 0. The lowest BCUT2D eigenvalue weighted by molar-refractivity contribution is 0.387. The van der Waals surface area contributed by atoms with Gasteiger partial charge in [-0.25, -0.2) is 4.79 Å². The molecule has 2 rings (SSSR count). The van der Waals surface area contributed by atoms with Crippen LogP contribution in [0.3, 0.4) is 0 Å². The molecule has 5 nitrogen and oxygen atoms in total. The molecule has 84 valence electrons. The monoisotopic (exact) mass is 241 g/mol. The van der Waals surface area contributed by atoms with Crippen LogP contribution in [-0.4, -0.2) is 21.4 Å². The topological polar surface area (TPSA) is 90.1 Å². The number of carbonyl (C=O) groups excluding carboxylic acids is 1. The van der Waals surface area contributed by atoms with Crippen LogP contribution in [0.5, 0.6) is 17.2 Å². The average molecular weight is 242 g/mol. The van der Waals surface area contributed by atoms with Crippen molar-refractivity contribution >= 4 is 17.7 Å². The number of isocyanates is 1. The van der Waals surface area contributed by atoms with Gasteiger partial charge in [-0.1, -0.05) is 11.6 Å². The minimum Gasteiger partial charge on any atom is -0.506 e. The highest BCUT2D eigenvalue weighted by molar-refractivity contribution is 6.33. The van der Waals surface area contributed by atoms with E-state index in [-0.39, 0.29) is 16.3 Å². The van der Waals surface area contributed by atoms with Crippen molar-refractivity contribution in [3.63, 3.8) is 0 Å². The fourth-order valence-electron chi connectivity index (χ4n) is 1.67. The zero-order valence-electron chi connectivity index (χ0n) is 8.07. The summed E-state index contributed by atoms with van der Waals surface area (Å²) in [5.41, 5.74) is -0.867. The Morgan fingerprint density at radius 2 is 1.94 bits per heavy atom. The third-order valence-electron chi connectivity index (χ3n) is 2.65. The zero-order valence-corrected chi connectivity index (χ0v) is 8.82. The molecule has 0 amide bonds. The minimum absolute atomic E-state index is 0.0787. The van der Waals surface area contributed by atoms with Gasteiger partial charge in [-0.15, -0.1) is 0 Å². The zero-order chi connectivity index (χ0) is 11.9. The van der Waals surface area contributed by atoms with Gasteiger partial charge in [-0.05, 0) is 12.8 Å². The first kappa shape index (κ1) is 10.8. The Morgan fingerprint density at radius 3 is 2.44 bits per heavy atom. The van der Waals surface area contributed by atoms with Gasteiger partial charge in [-0.2, -0.15) is 4.99 Å². The molecule has 1 aromatic rings. The van der Waals surface area contributed by atoms with E-state index in [9.17, 15) is 20.1 Å². The molecule has 0 atom stereocenters. The number of hydrogen-bond acceptors (Lipinski definition) is 5. The fourth-order valence-corrected chi connectivity index (χ4v) is 1.99. The largest absolute Gasteiger partial charge is 0.506 e. The van der Waals surface area contributed by atoms with Crippen molar-refractivity contribution in [1.82, 2.24) is 0 Å². The van der Waals surface area contributed by atoms with Gasteiger partial charge >= 0.3 is 0 Å². The Bertz CT molecular complexity index is 478. The van der Waals surface area contributed by atoms with E-state index in [1.165, 1.54) is 6.08 Å². The number of phenolic OH excluding ortho intramolecular Hbond substituents is 3. The van der Waals surface area contributed by atoms with Gasteiger partial charge in [0.15, 0.2) is 11.5 Å². The van der Waals surface area contributed by atoms with Crippen LogP contribution in [0.25, 0.3) is 0 Å². The van der Waals surface area contributed by atoms with E-state index in [4.69, 9.17) is 11.6 Å². The molecule has 0 bridgehead atoms. The average Bonchev–Trinajstić information content (AvgIpc) is 2.97. The molecule has 3 N–H and O–H groups in total. The maximum absolute atomic E-state index is 10.3. The molecule has 0 spiro atoms. The van der Waals surface area contributed by atoms with Crippen molar-refractivity contribution in [1.29, 1.82) is 0 Å². The number of nitrogens with zero attached hydrogens (tertiary/aromatic N) is 1. The van der Waals surface area contributed by atoms with E-state index in [0.717, 1.165) is 6.07 Å². The first-order valence-corrected chi connectivity index (χ1v) is 4.92. The second-order valence-corrected chi connectivity index (χ2v) is 4.07. The normalized spacial score (nSPS) is 16.6. The van der Waals surface area contributed by atoms with Crippen molar-refractivity contribution in [2.45, 2.75) is 18.4 Å². The number of benzene rings is 1. The summed E-state index contributed by atoms with van der Waals surface area (Å²) in [7, 11) is 0. The van der Waals surface area contributed by atoms with Crippen LogP contribution in [0.2, 0.25) is 5.02 Å². The molecule has 6 heteroatoms. The molecule has 0 heterocycles. The second-order valence-electron chi connectivity index (χ2n) is 3.69. The predicted molar refractivity (Wildman–Crippen MR) is 55.5 cm³/mol. The smallest absolute Gasteiger partial charge is 0.235 e. The third kappa shape index (κ3) is 1.41. The number of halogens is 1. The van der Waals surface area contributed by atoms with Gasteiger partial charge in [0, 0.05) is 11.6 Å². The first-order valence-electron chi connectivity index (χ1n) is 4.55. The van der Waals surface area contributed by atoms with Crippen molar-refractivity contribution in [3.05, 3.63) is 16.7 Å². The highest BCUT2D eigenvalue weighted by Crippen LogP contribution is 2.57. The van der Waals surface area contributed by atoms with Crippen molar-refractivity contribution in [2.24, 2.45) is 4.99 Å². The van der Waals surface area contributed by atoms with Crippen molar-refractivity contribution in [2.75, 3.05) is 0 Å². The van der Waals surface area contributed by atoms with Crippen LogP contribution in [0.4, 0.5) is 0 Å². The summed E-state index contributed by atoms with van der Waals surface area (Å²) in [6, 6.07) is 0.932. The van der Waals surface area contributed by atoms with Crippen LogP contribution < -0.4 is 0 Å². The van der Waals surface area contributed by atoms with E-state index in [1.54, 1.807) is 0 Å². The van der Waals surface area contributed by atoms with Crippen molar-refractivity contribution in [3.8, 4) is 17.2 Å². The van der Waals surface area contributed by atoms with Gasteiger partial charge in [0.05, 0.1) is 5.02 Å². The minimum atomic E-state index is -0.945.